The molecule has 0 radical (unpaired) electrons. The van der Waals surface area contributed by atoms with Crippen LogP contribution in [0.3, 0.4) is 0 Å². The van der Waals surface area contributed by atoms with Gasteiger partial charge in [-0.05, 0) is 45.7 Å². The number of para-hydroxylation sites is 1. The average molecular weight is 468 g/mol. The maximum Gasteiger partial charge on any atom is 0.340 e. The molecule has 0 saturated heterocycles. The zero-order valence-corrected chi connectivity index (χ0v) is 19.5. The number of nitrogens with one attached hydrogen (secondary N) is 2. The molecule has 0 fully saturated rings. The Morgan fingerprint density at radius 2 is 1.83 bits per heavy atom. The van der Waals surface area contributed by atoms with E-state index in [4.69, 9.17) is 9.72 Å². The van der Waals surface area contributed by atoms with Gasteiger partial charge in [0.2, 0.25) is 5.95 Å². The molecule has 0 amide bonds. The van der Waals surface area contributed by atoms with Gasteiger partial charge in [0.05, 0.1) is 30.3 Å². The van der Waals surface area contributed by atoms with Crippen LogP contribution in [-0.4, -0.2) is 49.8 Å². The van der Waals surface area contributed by atoms with Crippen molar-refractivity contribution in [2.75, 3.05) is 19.0 Å². The topological polar surface area (TPSA) is 111 Å². The fourth-order valence-electron chi connectivity index (χ4n) is 4.17. The van der Waals surface area contributed by atoms with Crippen molar-refractivity contribution in [1.82, 2.24) is 30.2 Å². The lowest BCUT2D eigenvalue weighted by atomic mass is 9.98. The van der Waals surface area contributed by atoms with Crippen LogP contribution in [0, 0.1) is 0 Å². The number of hydrogen-bond acceptors (Lipinski definition) is 7. The molecule has 0 saturated carbocycles. The van der Waals surface area contributed by atoms with Crippen molar-refractivity contribution in [1.29, 1.82) is 0 Å². The molecule has 3 aromatic carbocycles. The first-order valence-corrected chi connectivity index (χ1v) is 11.4. The van der Waals surface area contributed by atoms with E-state index in [1.54, 1.807) is 6.07 Å². The fraction of sp³-hybridized carbons (Fsp3) is 0.192. The minimum absolute atomic E-state index is 0.382. The summed E-state index contributed by atoms with van der Waals surface area (Å²) in [5.41, 5.74) is 6.08. The summed E-state index contributed by atoms with van der Waals surface area (Å²) in [5.74, 6) is 0.967. The van der Waals surface area contributed by atoms with E-state index in [0.29, 0.717) is 17.9 Å². The number of rotatable bonds is 8. The number of H-pyrrole nitrogens is 1. The number of fused-ring (bicyclic) bond motifs is 1. The van der Waals surface area contributed by atoms with Gasteiger partial charge in [0.15, 0.2) is 5.82 Å². The van der Waals surface area contributed by atoms with Gasteiger partial charge in [0, 0.05) is 12.1 Å². The van der Waals surface area contributed by atoms with Crippen LogP contribution in [0.2, 0.25) is 0 Å². The second-order valence-electron chi connectivity index (χ2n) is 8.11. The minimum atomic E-state index is -0.382. The average Bonchev–Trinajstić information content (AvgIpc) is 3.56. The van der Waals surface area contributed by atoms with Gasteiger partial charge in [-0.25, -0.2) is 14.9 Å². The molecule has 0 aliphatic carbocycles. The van der Waals surface area contributed by atoms with E-state index >= 15 is 0 Å². The number of carbonyl (C=O) groups excluding carboxylic acids is 1. The largest absolute Gasteiger partial charge is 0.465 e. The fourth-order valence-corrected chi connectivity index (χ4v) is 4.17. The van der Waals surface area contributed by atoms with Gasteiger partial charge >= 0.3 is 5.97 Å². The Morgan fingerprint density at radius 1 is 1.03 bits per heavy atom. The molecule has 9 nitrogen and oxygen atoms in total. The van der Waals surface area contributed by atoms with Gasteiger partial charge in [-0.1, -0.05) is 61.5 Å². The number of benzene rings is 3. The van der Waals surface area contributed by atoms with E-state index in [0.717, 1.165) is 52.2 Å². The van der Waals surface area contributed by atoms with Crippen LogP contribution in [-0.2, 0) is 11.3 Å². The maximum absolute atomic E-state index is 12.5. The number of imidazole rings is 1. The molecule has 0 aliphatic rings. The highest BCUT2D eigenvalue weighted by molar-refractivity contribution is 6.02. The summed E-state index contributed by atoms with van der Waals surface area (Å²) in [7, 11) is 1.39. The van der Waals surface area contributed by atoms with Gasteiger partial charge in [0.1, 0.15) is 0 Å². The zero-order chi connectivity index (χ0) is 24.2. The van der Waals surface area contributed by atoms with Crippen LogP contribution in [0.5, 0.6) is 0 Å². The van der Waals surface area contributed by atoms with Crippen LogP contribution in [0.1, 0.15) is 29.3 Å². The summed E-state index contributed by atoms with van der Waals surface area (Å²) in [6.07, 6.45) is 0.960. The summed E-state index contributed by atoms with van der Waals surface area (Å²) in [6, 6.07) is 21.8. The number of aromatic nitrogens is 6. The minimum Gasteiger partial charge on any atom is -0.465 e. The van der Waals surface area contributed by atoms with E-state index in [1.165, 1.54) is 7.11 Å². The third-order valence-electron chi connectivity index (χ3n) is 5.84. The predicted octanol–water partition coefficient (Wildman–Crippen LogP) is 4.54. The third kappa shape index (κ3) is 4.35. The highest BCUT2D eigenvalue weighted by atomic mass is 16.5. The molecule has 0 bridgehead atoms. The van der Waals surface area contributed by atoms with E-state index in [2.05, 4.69) is 57.1 Å². The Labute approximate surface area is 202 Å². The van der Waals surface area contributed by atoms with Crippen molar-refractivity contribution >= 4 is 23.0 Å². The number of ether oxygens (including phenoxy) is 1. The number of esters is 1. The van der Waals surface area contributed by atoms with Crippen LogP contribution in [0.4, 0.5) is 5.95 Å². The lowest BCUT2D eigenvalue weighted by molar-refractivity contribution is 0.0602. The Balaban J connectivity index is 1.52. The van der Waals surface area contributed by atoms with Crippen LogP contribution < -0.4 is 5.32 Å². The van der Waals surface area contributed by atoms with Crippen LogP contribution in [0.15, 0.2) is 66.7 Å². The standard InChI is InChI=1S/C26H25N7O2/c1-3-15-27-26-28-22-10-6-9-21(25(34)35-2)23(22)33(26)16-17-11-13-18(14-12-17)19-7-4-5-8-20(19)24-29-31-32-30-24/h4-14H,3,15-16H2,1-2H3,(H,27,28)(H,29,30,31,32). The van der Waals surface area contributed by atoms with Gasteiger partial charge in [-0.2, -0.15) is 0 Å². The second-order valence-corrected chi connectivity index (χ2v) is 8.11. The first kappa shape index (κ1) is 22.3. The second kappa shape index (κ2) is 9.76. The molecule has 0 atom stereocenters. The van der Waals surface area contributed by atoms with E-state index in [-0.39, 0.29) is 5.97 Å². The molecule has 5 rings (SSSR count). The lowest BCUT2D eigenvalue weighted by Gasteiger charge is -2.13. The molecule has 0 aliphatic heterocycles. The Kier molecular flexibility index (Phi) is 6.21. The highest BCUT2D eigenvalue weighted by Gasteiger charge is 2.19. The number of nitrogens with zero attached hydrogens (tertiary/aromatic N) is 5. The molecule has 5 aromatic rings. The molecule has 9 heteroatoms. The molecule has 2 N–H and O–H groups in total. The molecule has 35 heavy (non-hydrogen) atoms. The van der Waals surface area contributed by atoms with Crippen molar-refractivity contribution in [2.45, 2.75) is 19.9 Å². The number of tetrazole rings is 1. The molecular formula is C26H25N7O2. The molecule has 0 spiro atoms. The summed E-state index contributed by atoms with van der Waals surface area (Å²) >= 11 is 0. The maximum atomic E-state index is 12.5. The number of hydrogen-bond donors (Lipinski definition) is 2. The quantitative estimate of drug-likeness (QED) is 0.322. The Morgan fingerprint density at radius 3 is 2.54 bits per heavy atom. The summed E-state index contributed by atoms with van der Waals surface area (Å²) in [5, 5.41) is 17.7. The van der Waals surface area contributed by atoms with Crippen LogP contribution >= 0.6 is 0 Å². The third-order valence-corrected chi connectivity index (χ3v) is 5.84. The summed E-state index contributed by atoms with van der Waals surface area (Å²) < 4.78 is 7.07. The molecule has 2 heterocycles. The first-order chi connectivity index (χ1) is 17.2. The molecule has 176 valence electrons. The van der Waals surface area contributed by atoms with Crippen molar-refractivity contribution in [3.05, 3.63) is 77.9 Å². The number of carbonyl (C=O) groups is 1. The van der Waals surface area contributed by atoms with Crippen LogP contribution in [0.25, 0.3) is 33.5 Å². The smallest absolute Gasteiger partial charge is 0.340 e. The number of methoxy groups -OCH3 is 1. The Hall–Kier alpha value is -4.53. The van der Waals surface area contributed by atoms with Crippen molar-refractivity contribution in [3.63, 3.8) is 0 Å². The first-order valence-electron chi connectivity index (χ1n) is 11.4. The monoisotopic (exact) mass is 467 g/mol. The Bertz CT molecular complexity index is 1460. The highest BCUT2D eigenvalue weighted by Crippen LogP contribution is 2.30. The molecule has 2 aromatic heterocycles. The normalized spacial score (nSPS) is 11.0. The van der Waals surface area contributed by atoms with Gasteiger partial charge in [-0.15, -0.1) is 5.10 Å². The van der Waals surface area contributed by atoms with Crippen molar-refractivity contribution in [2.24, 2.45) is 0 Å². The lowest BCUT2D eigenvalue weighted by Crippen LogP contribution is -2.11. The van der Waals surface area contributed by atoms with E-state index in [9.17, 15) is 4.79 Å². The molecular weight excluding hydrogens is 442 g/mol. The number of aromatic amines is 1. The summed E-state index contributed by atoms with van der Waals surface area (Å²) in [4.78, 5) is 17.2. The van der Waals surface area contributed by atoms with Crippen molar-refractivity contribution in [3.8, 4) is 22.5 Å². The van der Waals surface area contributed by atoms with Gasteiger partial charge < -0.3 is 14.6 Å². The van der Waals surface area contributed by atoms with E-state index < -0.39 is 0 Å². The summed E-state index contributed by atoms with van der Waals surface area (Å²) in [6.45, 7) is 3.43. The zero-order valence-electron chi connectivity index (χ0n) is 19.5. The van der Waals surface area contributed by atoms with Crippen molar-refractivity contribution < 1.29 is 9.53 Å². The van der Waals surface area contributed by atoms with Gasteiger partial charge in [0.25, 0.3) is 0 Å². The van der Waals surface area contributed by atoms with Gasteiger partial charge in [-0.3, -0.25) is 0 Å². The van der Waals surface area contributed by atoms with E-state index in [1.807, 2.05) is 41.0 Å². The molecule has 0 unspecified atom stereocenters. The number of anilines is 1. The SMILES string of the molecule is CCCNc1nc2cccc(C(=O)OC)c2n1Cc1ccc(-c2ccccc2-c2nnn[nH]2)cc1. The predicted molar refractivity (Wildman–Crippen MR) is 134 cm³/mol.